The zero-order chi connectivity index (χ0) is 16.1. The second-order valence-corrected chi connectivity index (χ2v) is 5.42. The van der Waals surface area contributed by atoms with E-state index in [1.807, 2.05) is 24.6 Å². The number of nitrogens with zero attached hydrogens (tertiary/aromatic N) is 3. The average molecular weight is 300 g/mol. The van der Waals surface area contributed by atoms with E-state index >= 15 is 0 Å². The number of aryl methyl sites for hydroxylation is 3. The van der Waals surface area contributed by atoms with Gasteiger partial charge in [-0.05, 0) is 32.4 Å². The molecule has 0 aliphatic carbocycles. The highest BCUT2D eigenvalue weighted by Crippen LogP contribution is 2.20. The number of aromatic nitrogens is 3. The Balaban J connectivity index is 2.04. The molecule has 0 unspecified atom stereocenters. The molecule has 22 heavy (non-hydrogen) atoms. The van der Waals surface area contributed by atoms with Gasteiger partial charge in [-0.3, -0.25) is 4.68 Å². The molecular weight excluding hydrogens is 276 g/mol. The van der Waals surface area contributed by atoms with Crippen LogP contribution in [-0.2, 0) is 19.6 Å². The van der Waals surface area contributed by atoms with E-state index in [1.54, 1.807) is 7.11 Å². The van der Waals surface area contributed by atoms with Crippen LogP contribution in [0.3, 0.4) is 0 Å². The van der Waals surface area contributed by atoms with Crippen LogP contribution in [0.1, 0.15) is 28.1 Å². The van der Waals surface area contributed by atoms with Crippen LogP contribution in [-0.4, -0.2) is 21.9 Å². The lowest BCUT2D eigenvalue weighted by molar-refractivity contribution is 0.389. The monoisotopic (exact) mass is 300 g/mol. The van der Waals surface area contributed by atoms with Crippen LogP contribution >= 0.6 is 0 Å². The van der Waals surface area contributed by atoms with Gasteiger partial charge in [0.25, 0.3) is 0 Å². The molecule has 5 heteroatoms. The predicted octanol–water partition coefficient (Wildman–Crippen LogP) is 2.69. The normalized spacial score (nSPS) is 10.7. The van der Waals surface area contributed by atoms with Gasteiger partial charge in [0.15, 0.2) is 0 Å². The van der Waals surface area contributed by atoms with Crippen molar-refractivity contribution in [3.8, 4) is 5.88 Å². The Labute approximate surface area is 132 Å². The fourth-order valence-electron chi connectivity index (χ4n) is 2.49. The molecule has 0 fully saturated rings. The van der Waals surface area contributed by atoms with E-state index in [0.29, 0.717) is 12.4 Å². The van der Waals surface area contributed by atoms with Crippen molar-refractivity contribution in [3.63, 3.8) is 0 Å². The molecule has 118 valence electrons. The Morgan fingerprint density at radius 2 is 2.09 bits per heavy atom. The third-order valence-corrected chi connectivity index (χ3v) is 3.61. The van der Waals surface area contributed by atoms with Crippen molar-refractivity contribution in [3.05, 3.63) is 53.0 Å². The molecule has 0 bridgehead atoms. The van der Waals surface area contributed by atoms with Crippen molar-refractivity contribution in [1.82, 2.24) is 20.1 Å². The third-order valence-electron chi connectivity index (χ3n) is 3.61. The number of pyridine rings is 1. The number of hydrogen-bond acceptors (Lipinski definition) is 4. The van der Waals surface area contributed by atoms with Crippen LogP contribution in [0.4, 0.5) is 0 Å². The van der Waals surface area contributed by atoms with Gasteiger partial charge >= 0.3 is 0 Å². The second kappa shape index (κ2) is 7.22. The second-order valence-electron chi connectivity index (χ2n) is 5.42. The lowest BCUT2D eigenvalue weighted by Gasteiger charge is -2.12. The molecule has 0 aliphatic heterocycles. The van der Waals surface area contributed by atoms with Crippen molar-refractivity contribution in [2.24, 2.45) is 0 Å². The van der Waals surface area contributed by atoms with Crippen LogP contribution in [0.25, 0.3) is 0 Å². The van der Waals surface area contributed by atoms with Gasteiger partial charge in [0, 0.05) is 36.1 Å². The van der Waals surface area contributed by atoms with Gasteiger partial charge in [0.2, 0.25) is 5.88 Å². The molecule has 0 atom stereocenters. The highest BCUT2D eigenvalue weighted by atomic mass is 16.5. The molecule has 0 saturated heterocycles. The topological polar surface area (TPSA) is 52.0 Å². The molecule has 0 aromatic carbocycles. The molecule has 0 amide bonds. The maximum absolute atomic E-state index is 5.39. The van der Waals surface area contributed by atoms with Gasteiger partial charge in [-0.15, -0.1) is 6.58 Å². The molecule has 0 aliphatic rings. The Hall–Kier alpha value is -2.14. The van der Waals surface area contributed by atoms with Crippen molar-refractivity contribution < 1.29 is 4.74 Å². The minimum absolute atomic E-state index is 0.698. The number of ether oxygens (including phenoxy) is 1. The number of hydrogen-bond donors (Lipinski definition) is 1. The van der Waals surface area contributed by atoms with Crippen LogP contribution < -0.4 is 10.1 Å². The number of rotatable bonds is 7. The summed E-state index contributed by atoms with van der Waals surface area (Å²) in [6.45, 7) is 12.0. The summed E-state index contributed by atoms with van der Waals surface area (Å²) in [6.07, 6.45) is 3.90. The van der Waals surface area contributed by atoms with Crippen LogP contribution in [0.2, 0.25) is 0 Å². The fourth-order valence-corrected chi connectivity index (χ4v) is 2.49. The van der Waals surface area contributed by atoms with Crippen LogP contribution in [0.15, 0.2) is 24.9 Å². The fraction of sp³-hybridized carbons (Fsp3) is 0.412. The summed E-state index contributed by atoms with van der Waals surface area (Å²) < 4.78 is 7.29. The van der Waals surface area contributed by atoms with Gasteiger partial charge in [0.1, 0.15) is 0 Å². The Bertz CT molecular complexity index is 661. The molecule has 2 aromatic heterocycles. The minimum Gasteiger partial charge on any atom is -0.481 e. The summed E-state index contributed by atoms with van der Waals surface area (Å²) >= 11 is 0. The van der Waals surface area contributed by atoms with E-state index in [2.05, 4.69) is 41.2 Å². The highest BCUT2D eigenvalue weighted by molar-refractivity contribution is 5.35. The van der Waals surface area contributed by atoms with E-state index in [-0.39, 0.29) is 0 Å². The standard InChI is InChI=1S/C17H24N4O/c1-6-7-21-11-15(14(4)20-21)9-18-10-16-12(2)8-13(3)19-17(16)22-5/h6,8,11,18H,1,7,9-10H2,2-5H3. The van der Waals surface area contributed by atoms with E-state index in [1.165, 1.54) is 11.1 Å². The molecular formula is C17H24N4O. The van der Waals surface area contributed by atoms with Gasteiger partial charge < -0.3 is 10.1 Å². The molecule has 1 N–H and O–H groups in total. The van der Waals surface area contributed by atoms with Gasteiger partial charge in [-0.1, -0.05) is 6.08 Å². The third kappa shape index (κ3) is 3.74. The minimum atomic E-state index is 0.698. The number of allylic oxidation sites excluding steroid dienone is 1. The van der Waals surface area contributed by atoms with Crippen molar-refractivity contribution in [1.29, 1.82) is 0 Å². The summed E-state index contributed by atoms with van der Waals surface area (Å²) in [7, 11) is 1.66. The maximum atomic E-state index is 5.39. The summed E-state index contributed by atoms with van der Waals surface area (Å²) in [6, 6.07) is 2.08. The maximum Gasteiger partial charge on any atom is 0.218 e. The first-order valence-electron chi connectivity index (χ1n) is 7.40. The smallest absolute Gasteiger partial charge is 0.218 e. The molecule has 2 rings (SSSR count). The Kier molecular flexibility index (Phi) is 5.33. The highest BCUT2D eigenvalue weighted by Gasteiger charge is 2.10. The first-order valence-corrected chi connectivity index (χ1v) is 7.40. The first-order chi connectivity index (χ1) is 10.5. The van der Waals surface area contributed by atoms with Crippen LogP contribution in [0.5, 0.6) is 5.88 Å². The number of methoxy groups -OCH3 is 1. The Morgan fingerprint density at radius 1 is 1.32 bits per heavy atom. The van der Waals surface area contributed by atoms with E-state index < -0.39 is 0 Å². The summed E-state index contributed by atoms with van der Waals surface area (Å²) in [4.78, 5) is 4.43. The molecule has 2 aromatic rings. The molecule has 2 heterocycles. The van der Waals surface area contributed by atoms with Gasteiger partial charge in [0.05, 0.1) is 19.3 Å². The largest absolute Gasteiger partial charge is 0.481 e. The zero-order valence-electron chi connectivity index (χ0n) is 13.8. The zero-order valence-corrected chi connectivity index (χ0v) is 13.8. The lowest BCUT2D eigenvalue weighted by atomic mass is 10.1. The molecule has 0 spiro atoms. The van der Waals surface area contributed by atoms with Gasteiger partial charge in [-0.25, -0.2) is 4.98 Å². The van der Waals surface area contributed by atoms with Crippen molar-refractivity contribution in [2.75, 3.05) is 7.11 Å². The van der Waals surface area contributed by atoms with E-state index in [4.69, 9.17) is 4.74 Å². The average Bonchev–Trinajstić information content (AvgIpc) is 2.81. The van der Waals surface area contributed by atoms with Crippen molar-refractivity contribution >= 4 is 0 Å². The lowest BCUT2D eigenvalue weighted by Crippen LogP contribution is -2.15. The quantitative estimate of drug-likeness (QED) is 0.799. The van der Waals surface area contributed by atoms with Crippen LogP contribution in [0, 0.1) is 20.8 Å². The predicted molar refractivity (Wildman–Crippen MR) is 88.0 cm³/mol. The van der Waals surface area contributed by atoms with Crippen molar-refractivity contribution in [2.45, 2.75) is 40.4 Å². The van der Waals surface area contributed by atoms with Gasteiger partial charge in [-0.2, -0.15) is 5.10 Å². The van der Waals surface area contributed by atoms with E-state index in [9.17, 15) is 0 Å². The molecule has 0 saturated carbocycles. The first kappa shape index (κ1) is 16.2. The summed E-state index contributed by atoms with van der Waals surface area (Å²) in [5, 5.41) is 7.91. The molecule has 5 nitrogen and oxygen atoms in total. The summed E-state index contributed by atoms with van der Waals surface area (Å²) in [5.74, 6) is 0.698. The number of nitrogens with one attached hydrogen (secondary N) is 1. The molecule has 0 radical (unpaired) electrons. The Morgan fingerprint density at radius 3 is 2.77 bits per heavy atom. The summed E-state index contributed by atoms with van der Waals surface area (Å²) in [5.41, 5.74) is 5.50. The van der Waals surface area contributed by atoms with E-state index in [0.717, 1.165) is 30.0 Å². The SMILES string of the molecule is C=CCn1cc(CNCc2c(C)cc(C)nc2OC)c(C)n1.